The molecule has 2 aliphatic rings. The zero-order valence-corrected chi connectivity index (χ0v) is 17.7. The van der Waals surface area contributed by atoms with Gasteiger partial charge in [0.2, 0.25) is 15.9 Å². The number of pyridine rings is 1. The second-order valence-electron chi connectivity index (χ2n) is 7.88. The summed E-state index contributed by atoms with van der Waals surface area (Å²) >= 11 is 0. The second-order valence-corrected chi connectivity index (χ2v) is 9.93. The molecule has 0 saturated carbocycles. The van der Waals surface area contributed by atoms with Crippen LogP contribution in [0.25, 0.3) is 5.65 Å². The van der Waals surface area contributed by atoms with Crippen LogP contribution in [0.5, 0.6) is 0 Å². The van der Waals surface area contributed by atoms with Crippen molar-refractivity contribution in [3.63, 3.8) is 0 Å². The molecule has 1 unspecified atom stereocenters. The number of aromatic nitrogens is 2. The van der Waals surface area contributed by atoms with Crippen molar-refractivity contribution in [3.05, 3.63) is 36.3 Å². The predicted molar refractivity (Wildman–Crippen MR) is 111 cm³/mol. The average Bonchev–Trinajstić information content (AvgIpc) is 3.35. The molecular weight excluding hydrogens is 390 g/mol. The molecule has 9 heteroatoms. The number of carbonyl (C=O) groups excluding carboxylic acids is 1. The van der Waals surface area contributed by atoms with Crippen molar-refractivity contribution < 1.29 is 13.2 Å². The maximum Gasteiger partial charge on any atom is 0.241 e. The monoisotopic (exact) mass is 419 g/mol. The first-order valence-corrected chi connectivity index (χ1v) is 12.0. The predicted octanol–water partition coefficient (Wildman–Crippen LogP) is 1.18. The molecule has 29 heavy (non-hydrogen) atoms. The fourth-order valence-electron chi connectivity index (χ4n) is 4.32. The summed E-state index contributed by atoms with van der Waals surface area (Å²) in [6, 6.07) is 5.43. The number of amides is 1. The van der Waals surface area contributed by atoms with Gasteiger partial charge in [0.15, 0.2) is 0 Å². The Morgan fingerprint density at radius 2 is 1.97 bits per heavy atom. The first-order valence-electron chi connectivity index (χ1n) is 10.4. The van der Waals surface area contributed by atoms with Crippen molar-refractivity contribution in [2.24, 2.45) is 0 Å². The molecule has 0 bridgehead atoms. The molecule has 0 aliphatic carbocycles. The second kappa shape index (κ2) is 8.41. The van der Waals surface area contributed by atoms with Crippen molar-refractivity contribution in [1.29, 1.82) is 0 Å². The van der Waals surface area contributed by atoms with Crippen LogP contribution in [0.4, 0.5) is 0 Å². The van der Waals surface area contributed by atoms with Crippen LogP contribution >= 0.6 is 0 Å². The summed E-state index contributed by atoms with van der Waals surface area (Å²) in [5, 5.41) is 0. The van der Waals surface area contributed by atoms with Gasteiger partial charge in [0.25, 0.3) is 0 Å². The van der Waals surface area contributed by atoms with Crippen molar-refractivity contribution in [2.75, 3.05) is 38.5 Å². The Hall–Kier alpha value is -1.97. The number of fused-ring (bicyclic) bond motifs is 1. The maximum absolute atomic E-state index is 13.0. The minimum atomic E-state index is -3.34. The van der Waals surface area contributed by atoms with Crippen molar-refractivity contribution in [1.82, 2.24) is 23.5 Å². The number of imidazole rings is 1. The Morgan fingerprint density at radius 3 is 2.69 bits per heavy atom. The minimum absolute atomic E-state index is 0.0328. The molecule has 0 radical (unpaired) electrons. The average molecular weight is 420 g/mol. The smallest absolute Gasteiger partial charge is 0.241 e. The molecule has 2 aliphatic heterocycles. The van der Waals surface area contributed by atoms with Crippen molar-refractivity contribution in [2.45, 2.75) is 38.8 Å². The van der Waals surface area contributed by atoms with Crippen molar-refractivity contribution >= 4 is 21.6 Å². The van der Waals surface area contributed by atoms with Gasteiger partial charge in [-0.3, -0.25) is 9.69 Å². The lowest BCUT2D eigenvalue weighted by Crippen LogP contribution is -2.54. The van der Waals surface area contributed by atoms with E-state index >= 15 is 0 Å². The first kappa shape index (κ1) is 20.3. The highest BCUT2D eigenvalue weighted by Gasteiger charge is 2.40. The highest BCUT2D eigenvalue weighted by molar-refractivity contribution is 7.89. The lowest BCUT2D eigenvalue weighted by atomic mass is 10.2. The summed E-state index contributed by atoms with van der Waals surface area (Å²) in [5.74, 6) is 0.0818. The van der Waals surface area contributed by atoms with Gasteiger partial charge in [-0.25, -0.2) is 13.4 Å². The summed E-state index contributed by atoms with van der Waals surface area (Å²) in [7, 11) is -3.34. The Morgan fingerprint density at radius 1 is 1.17 bits per heavy atom. The molecule has 0 spiro atoms. The van der Waals surface area contributed by atoms with E-state index in [1.54, 1.807) is 0 Å². The van der Waals surface area contributed by atoms with E-state index in [0.717, 1.165) is 37.4 Å². The molecule has 2 fully saturated rings. The number of nitrogens with zero attached hydrogens (tertiary/aromatic N) is 5. The van der Waals surface area contributed by atoms with E-state index < -0.39 is 16.1 Å². The van der Waals surface area contributed by atoms with Crippen LogP contribution < -0.4 is 0 Å². The molecule has 0 N–H and O–H groups in total. The zero-order chi connectivity index (χ0) is 20.4. The fraction of sp³-hybridized carbons (Fsp3) is 0.600. The van der Waals surface area contributed by atoms with E-state index in [0.29, 0.717) is 32.5 Å². The Bertz CT molecular complexity index is 932. The number of hydrogen-bond donors (Lipinski definition) is 0. The zero-order valence-electron chi connectivity index (χ0n) is 16.9. The van der Waals surface area contributed by atoms with Crippen LogP contribution in [-0.4, -0.2) is 82.3 Å². The van der Waals surface area contributed by atoms with Gasteiger partial charge < -0.3 is 9.30 Å². The van der Waals surface area contributed by atoms with E-state index in [1.807, 2.05) is 46.8 Å². The third kappa shape index (κ3) is 4.31. The molecule has 2 saturated heterocycles. The van der Waals surface area contributed by atoms with Gasteiger partial charge in [-0.15, -0.1) is 0 Å². The SMILES string of the molecule is CCCS(=O)(=O)N1CCCC1C(=O)N1CCN(Cc2cn3ccccc3n2)CC1. The number of rotatable bonds is 6. The summed E-state index contributed by atoms with van der Waals surface area (Å²) in [4.78, 5) is 21.8. The van der Waals surface area contributed by atoms with E-state index in [4.69, 9.17) is 0 Å². The lowest BCUT2D eigenvalue weighted by molar-refractivity contribution is -0.136. The minimum Gasteiger partial charge on any atom is -0.339 e. The Balaban J connectivity index is 1.34. The van der Waals surface area contributed by atoms with Crippen LogP contribution in [0.1, 0.15) is 31.9 Å². The van der Waals surface area contributed by atoms with E-state index in [1.165, 1.54) is 4.31 Å². The molecule has 8 nitrogen and oxygen atoms in total. The van der Waals surface area contributed by atoms with E-state index in [-0.39, 0.29) is 11.7 Å². The molecule has 158 valence electrons. The summed E-state index contributed by atoms with van der Waals surface area (Å²) in [6.07, 6.45) is 5.99. The van der Waals surface area contributed by atoms with Gasteiger partial charge in [0, 0.05) is 51.7 Å². The van der Waals surface area contributed by atoms with Gasteiger partial charge >= 0.3 is 0 Å². The molecule has 4 rings (SSSR count). The quantitative estimate of drug-likeness (QED) is 0.703. The molecule has 2 aromatic rings. The summed E-state index contributed by atoms with van der Waals surface area (Å²) in [6.45, 7) is 5.88. The molecule has 4 heterocycles. The van der Waals surface area contributed by atoms with Gasteiger partial charge in [-0.1, -0.05) is 13.0 Å². The standard InChI is InChI=1S/C20H29N5O3S/c1-2-14-29(27,28)25-9-5-6-18(25)20(26)23-12-10-22(11-13-23)15-17-16-24-8-4-3-7-19(24)21-17/h3-4,7-8,16,18H,2,5-6,9-15H2,1H3. The number of hydrogen-bond acceptors (Lipinski definition) is 5. The van der Waals surface area contributed by atoms with Gasteiger partial charge in [0.1, 0.15) is 11.7 Å². The Labute approximate surface area is 172 Å². The highest BCUT2D eigenvalue weighted by Crippen LogP contribution is 2.24. The fourth-order valence-corrected chi connectivity index (χ4v) is 6.07. The van der Waals surface area contributed by atoms with Crippen LogP contribution in [0.3, 0.4) is 0 Å². The highest BCUT2D eigenvalue weighted by atomic mass is 32.2. The maximum atomic E-state index is 13.0. The van der Waals surface area contributed by atoms with E-state index in [2.05, 4.69) is 9.88 Å². The molecule has 1 atom stereocenters. The van der Waals surface area contributed by atoms with Crippen LogP contribution in [-0.2, 0) is 21.4 Å². The van der Waals surface area contributed by atoms with Crippen LogP contribution in [0, 0.1) is 0 Å². The summed E-state index contributed by atoms with van der Waals surface area (Å²) < 4.78 is 28.5. The number of sulfonamides is 1. The molecule has 0 aromatic carbocycles. The molecule has 2 aromatic heterocycles. The van der Waals surface area contributed by atoms with Crippen LogP contribution in [0.2, 0.25) is 0 Å². The van der Waals surface area contributed by atoms with Gasteiger partial charge in [0.05, 0.1) is 11.4 Å². The number of carbonyl (C=O) groups is 1. The molecule has 1 amide bonds. The normalized spacial score (nSPS) is 21.8. The van der Waals surface area contributed by atoms with Gasteiger partial charge in [-0.2, -0.15) is 4.31 Å². The Kier molecular flexibility index (Phi) is 5.89. The lowest BCUT2D eigenvalue weighted by Gasteiger charge is -2.36. The largest absolute Gasteiger partial charge is 0.339 e. The third-order valence-corrected chi connectivity index (χ3v) is 7.87. The first-order chi connectivity index (χ1) is 14.0. The van der Waals surface area contributed by atoms with Crippen LogP contribution in [0.15, 0.2) is 30.6 Å². The topological polar surface area (TPSA) is 78.2 Å². The van der Waals surface area contributed by atoms with Crippen molar-refractivity contribution in [3.8, 4) is 0 Å². The van der Waals surface area contributed by atoms with Gasteiger partial charge in [-0.05, 0) is 31.4 Å². The summed E-state index contributed by atoms with van der Waals surface area (Å²) in [5.41, 5.74) is 1.95. The van der Waals surface area contributed by atoms with E-state index in [9.17, 15) is 13.2 Å². The third-order valence-electron chi connectivity index (χ3n) is 5.79. The molecular formula is C20H29N5O3S. The number of piperazine rings is 1.